The molecule has 0 aromatic heterocycles. The Labute approximate surface area is 101 Å². The Morgan fingerprint density at radius 2 is 1.94 bits per heavy atom. The SMILES string of the molecule is CCCC1CCC(NC2C=CCCC2)CC1. The maximum atomic E-state index is 3.83. The first-order chi connectivity index (χ1) is 7.88. The zero-order chi connectivity index (χ0) is 11.2. The van der Waals surface area contributed by atoms with Gasteiger partial charge in [0.2, 0.25) is 0 Å². The van der Waals surface area contributed by atoms with Crippen molar-refractivity contribution in [1.82, 2.24) is 5.32 Å². The van der Waals surface area contributed by atoms with Gasteiger partial charge in [-0.3, -0.25) is 0 Å². The van der Waals surface area contributed by atoms with Crippen molar-refractivity contribution in [2.75, 3.05) is 0 Å². The largest absolute Gasteiger partial charge is 0.308 e. The van der Waals surface area contributed by atoms with Gasteiger partial charge in [-0.1, -0.05) is 31.9 Å². The van der Waals surface area contributed by atoms with Gasteiger partial charge in [-0.2, -0.15) is 0 Å². The summed E-state index contributed by atoms with van der Waals surface area (Å²) in [5, 5.41) is 3.83. The second kappa shape index (κ2) is 6.44. The molecular formula is C15H27N. The fraction of sp³-hybridized carbons (Fsp3) is 0.867. The van der Waals surface area contributed by atoms with Crippen LogP contribution in [0.3, 0.4) is 0 Å². The van der Waals surface area contributed by atoms with Crippen molar-refractivity contribution in [3.8, 4) is 0 Å². The van der Waals surface area contributed by atoms with Gasteiger partial charge in [0.15, 0.2) is 0 Å². The number of hydrogen-bond acceptors (Lipinski definition) is 1. The Bertz CT molecular complexity index is 213. The van der Waals surface area contributed by atoms with E-state index < -0.39 is 0 Å². The molecular weight excluding hydrogens is 194 g/mol. The van der Waals surface area contributed by atoms with Crippen molar-refractivity contribution in [2.24, 2.45) is 5.92 Å². The molecule has 1 saturated carbocycles. The van der Waals surface area contributed by atoms with Crippen molar-refractivity contribution >= 4 is 0 Å². The topological polar surface area (TPSA) is 12.0 Å². The maximum absolute atomic E-state index is 3.83. The van der Waals surface area contributed by atoms with E-state index in [4.69, 9.17) is 0 Å². The predicted octanol–water partition coefficient (Wildman–Crippen LogP) is 4.04. The van der Waals surface area contributed by atoms with Crippen LogP contribution in [0.15, 0.2) is 12.2 Å². The number of hydrogen-bond donors (Lipinski definition) is 1. The summed E-state index contributed by atoms with van der Waals surface area (Å²) in [6.07, 6.45) is 17.3. The van der Waals surface area contributed by atoms with Crippen LogP contribution >= 0.6 is 0 Å². The van der Waals surface area contributed by atoms with Crippen LogP contribution in [0.2, 0.25) is 0 Å². The molecule has 0 amide bonds. The van der Waals surface area contributed by atoms with E-state index in [2.05, 4.69) is 24.4 Å². The van der Waals surface area contributed by atoms with Gasteiger partial charge in [0.05, 0.1) is 0 Å². The first kappa shape index (κ1) is 12.2. The van der Waals surface area contributed by atoms with Gasteiger partial charge >= 0.3 is 0 Å². The van der Waals surface area contributed by atoms with E-state index in [9.17, 15) is 0 Å². The van der Waals surface area contributed by atoms with Crippen LogP contribution in [0.25, 0.3) is 0 Å². The van der Waals surface area contributed by atoms with Crippen molar-refractivity contribution in [3.05, 3.63) is 12.2 Å². The molecule has 2 rings (SSSR count). The van der Waals surface area contributed by atoms with E-state index in [1.165, 1.54) is 57.8 Å². The first-order valence-corrected chi connectivity index (χ1v) is 7.31. The highest BCUT2D eigenvalue weighted by Crippen LogP contribution is 2.28. The summed E-state index contributed by atoms with van der Waals surface area (Å²) in [6, 6.07) is 1.49. The molecule has 1 nitrogen and oxygen atoms in total. The van der Waals surface area contributed by atoms with Crippen LogP contribution in [-0.4, -0.2) is 12.1 Å². The monoisotopic (exact) mass is 221 g/mol. The first-order valence-electron chi connectivity index (χ1n) is 7.31. The van der Waals surface area contributed by atoms with Crippen molar-refractivity contribution < 1.29 is 0 Å². The third kappa shape index (κ3) is 3.62. The number of nitrogens with one attached hydrogen (secondary N) is 1. The summed E-state index contributed by atoms with van der Waals surface area (Å²) in [6.45, 7) is 2.32. The van der Waals surface area contributed by atoms with Gasteiger partial charge in [-0.15, -0.1) is 0 Å². The molecule has 0 radical (unpaired) electrons. The fourth-order valence-corrected chi connectivity index (χ4v) is 3.28. The van der Waals surface area contributed by atoms with Crippen molar-refractivity contribution in [2.45, 2.75) is 76.8 Å². The van der Waals surface area contributed by atoms with Gasteiger partial charge in [0.1, 0.15) is 0 Å². The molecule has 0 heterocycles. The summed E-state index contributed by atoms with van der Waals surface area (Å²) in [5.74, 6) is 1.03. The molecule has 1 atom stereocenters. The summed E-state index contributed by atoms with van der Waals surface area (Å²) < 4.78 is 0. The zero-order valence-corrected chi connectivity index (χ0v) is 10.8. The molecule has 92 valence electrons. The minimum Gasteiger partial charge on any atom is -0.308 e. The molecule has 1 N–H and O–H groups in total. The van der Waals surface area contributed by atoms with Gasteiger partial charge in [0.25, 0.3) is 0 Å². The second-order valence-electron chi connectivity index (χ2n) is 5.64. The molecule has 0 saturated heterocycles. The van der Waals surface area contributed by atoms with Crippen LogP contribution in [-0.2, 0) is 0 Å². The van der Waals surface area contributed by atoms with Gasteiger partial charge in [-0.25, -0.2) is 0 Å². The highest BCUT2D eigenvalue weighted by atomic mass is 14.9. The van der Waals surface area contributed by atoms with Crippen LogP contribution < -0.4 is 5.32 Å². The van der Waals surface area contributed by atoms with E-state index in [1.54, 1.807) is 0 Å². The molecule has 1 fully saturated rings. The lowest BCUT2D eigenvalue weighted by atomic mass is 9.83. The maximum Gasteiger partial charge on any atom is 0.0252 e. The normalized spacial score (nSPS) is 35.2. The molecule has 0 spiro atoms. The lowest BCUT2D eigenvalue weighted by Crippen LogP contribution is -2.40. The van der Waals surface area contributed by atoms with Crippen LogP contribution in [0.4, 0.5) is 0 Å². The van der Waals surface area contributed by atoms with E-state index >= 15 is 0 Å². The second-order valence-corrected chi connectivity index (χ2v) is 5.64. The standard InChI is InChI=1S/C15H27N/c1-2-6-13-9-11-15(12-10-13)16-14-7-4-3-5-8-14/h4,7,13-16H,2-3,5-6,8-12H2,1H3. The van der Waals surface area contributed by atoms with Crippen LogP contribution in [0.5, 0.6) is 0 Å². The molecule has 16 heavy (non-hydrogen) atoms. The summed E-state index contributed by atoms with van der Waals surface area (Å²) in [7, 11) is 0. The Morgan fingerprint density at radius 3 is 2.56 bits per heavy atom. The molecule has 1 heteroatoms. The average molecular weight is 221 g/mol. The third-order valence-corrected chi connectivity index (χ3v) is 4.25. The van der Waals surface area contributed by atoms with E-state index in [0.29, 0.717) is 6.04 Å². The Hall–Kier alpha value is -0.300. The highest BCUT2D eigenvalue weighted by Gasteiger charge is 2.22. The van der Waals surface area contributed by atoms with E-state index in [1.807, 2.05) is 0 Å². The highest BCUT2D eigenvalue weighted by molar-refractivity contribution is 4.98. The fourth-order valence-electron chi connectivity index (χ4n) is 3.28. The predicted molar refractivity (Wildman–Crippen MR) is 70.6 cm³/mol. The summed E-state index contributed by atoms with van der Waals surface area (Å²) in [4.78, 5) is 0. The van der Waals surface area contributed by atoms with Gasteiger partial charge in [-0.05, 0) is 50.9 Å². The Balaban J connectivity index is 1.68. The lowest BCUT2D eigenvalue weighted by Gasteiger charge is -2.32. The van der Waals surface area contributed by atoms with Crippen LogP contribution in [0.1, 0.15) is 64.7 Å². The van der Waals surface area contributed by atoms with Crippen LogP contribution in [0, 0.1) is 5.92 Å². The Morgan fingerprint density at radius 1 is 1.12 bits per heavy atom. The zero-order valence-electron chi connectivity index (χ0n) is 10.8. The molecule has 0 aliphatic heterocycles. The van der Waals surface area contributed by atoms with Crippen molar-refractivity contribution in [3.63, 3.8) is 0 Å². The molecule has 2 aliphatic rings. The molecule has 0 aromatic rings. The van der Waals surface area contributed by atoms with Gasteiger partial charge < -0.3 is 5.32 Å². The van der Waals surface area contributed by atoms with Crippen molar-refractivity contribution in [1.29, 1.82) is 0 Å². The smallest absolute Gasteiger partial charge is 0.0252 e. The van der Waals surface area contributed by atoms with E-state index in [0.717, 1.165) is 12.0 Å². The molecule has 1 unspecified atom stereocenters. The molecule has 2 aliphatic carbocycles. The minimum atomic E-state index is 0.682. The van der Waals surface area contributed by atoms with E-state index in [-0.39, 0.29) is 0 Å². The minimum absolute atomic E-state index is 0.682. The third-order valence-electron chi connectivity index (χ3n) is 4.25. The molecule has 0 bridgehead atoms. The average Bonchev–Trinajstić information content (AvgIpc) is 2.33. The molecule has 0 aromatic carbocycles. The number of rotatable bonds is 4. The quantitative estimate of drug-likeness (QED) is 0.706. The van der Waals surface area contributed by atoms with Gasteiger partial charge in [0, 0.05) is 12.1 Å². The summed E-state index contributed by atoms with van der Waals surface area (Å²) >= 11 is 0. The summed E-state index contributed by atoms with van der Waals surface area (Å²) in [5.41, 5.74) is 0. The lowest BCUT2D eigenvalue weighted by molar-refractivity contribution is 0.266. The number of allylic oxidation sites excluding steroid dienone is 1. The Kier molecular flexibility index (Phi) is 4.90.